The average Bonchev–Trinajstić information content (AvgIpc) is 2.62. The van der Waals surface area contributed by atoms with E-state index in [1.54, 1.807) is 7.05 Å². The van der Waals surface area contributed by atoms with Crippen LogP contribution in [0, 0.1) is 0 Å². The smallest absolute Gasteiger partial charge is 0.318 e. The summed E-state index contributed by atoms with van der Waals surface area (Å²) < 4.78 is 0. The van der Waals surface area contributed by atoms with Gasteiger partial charge in [-0.15, -0.1) is 0 Å². The lowest BCUT2D eigenvalue weighted by molar-refractivity contribution is -0.118. The van der Waals surface area contributed by atoms with E-state index in [0.717, 1.165) is 30.6 Å². The van der Waals surface area contributed by atoms with Crippen molar-refractivity contribution < 1.29 is 9.59 Å². The second-order valence-electron chi connectivity index (χ2n) is 5.86. The summed E-state index contributed by atoms with van der Waals surface area (Å²) in [7, 11) is 1.57. The quantitative estimate of drug-likeness (QED) is 0.912. The van der Waals surface area contributed by atoms with Crippen molar-refractivity contribution in [3.63, 3.8) is 0 Å². The summed E-state index contributed by atoms with van der Waals surface area (Å²) in [5.41, 5.74) is 3.91. The average molecular weight is 323 g/mol. The first-order chi connectivity index (χ1) is 11.7. The van der Waals surface area contributed by atoms with Crippen LogP contribution in [0.15, 0.2) is 48.5 Å². The number of carbonyl (C=O) groups is 2. The van der Waals surface area contributed by atoms with Crippen molar-refractivity contribution in [2.45, 2.75) is 19.3 Å². The molecular weight excluding hydrogens is 302 g/mol. The standard InChI is InChI=1S/C19H21N3O2/c1-20-19(24)21-16-10-8-14(9-11-16)13-18(23)22-12-4-6-15-5-2-3-7-17(15)22/h2-3,5,7-11H,4,6,12-13H2,1H3,(H2,20,21,24). The number of urea groups is 1. The fraction of sp³-hybridized carbons (Fsp3) is 0.263. The van der Waals surface area contributed by atoms with Crippen molar-refractivity contribution in [1.82, 2.24) is 5.32 Å². The van der Waals surface area contributed by atoms with Gasteiger partial charge in [-0.2, -0.15) is 0 Å². The topological polar surface area (TPSA) is 61.4 Å². The minimum atomic E-state index is -0.260. The predicted molar refractivity (Wildman–Crippen MR) is 95.3 cm³/mol. The number of nitrogens with one attached hydrogen (secondary N) is 2. The van der Waals surface area contributed by atoms with Crippen molar-refractivity contribution >= 4 is 23.3 Å². The molecule has 0 atom stereocenters. The number of amides is 3. The largest absolute Gasteiger partial charge is 0.341 e. The van der Waals surface area contributed by atoms with E-state index >= 15 is 0 Å². The molecule has 0 aromatic heterocycles. The number of aryl methyl sites for hydroxylation is 1. The second-order valence-corrected chi connectivity index (χ2v) is 5.86. The number of hydrogen-bond acceptors (Lipinski definition) is 2. The van der Waals surface area contributed by atoms with Gasteiger partial charge in [0, 0.05) is 25.0 Å². The Morgan fingerprint density at radius 1 is 1.08 bits per heavy atom. The molecule has 0 unspecified atom stereocenters. The van der Waals surface area contributed by atoms with Crippen LogP contribution in [0.25, 0.3) is 0 Å². The first-order valence-corrected chi connectivity index (χ1v) is 8.13. The van der Waals surface area contributed by atoms with Gasteiger partial charge in [-0.25, -0.2) is 4.79 Å². The lowest BCUT2D eigenvalue weighted by Crippen LogP contribution is -2.36. The minimum absolute atomic E-state index is 0.106. The van der Waals surface area contributed by atoms with Crippen LogP contribution >= 0.6 is 0 Å². The molecular formula is C19H21N3O2. The Morgan fingerprint density at radius 3 is 2.58 bits per heavy atom. The second kappa shape index (κ2) is 7.17. The Balaban J connectivity index is 1.68. The van der Waals surface area contributed by atoms with Crippen molar-refractivity contribution in [2.24, 2.45) is 0 Å². The van der Waals surface area contributed by atoms with Crippen LogP contribution in [0.1, 0.15) is 17.5 Å². The van der Waals surface area contributed by atoms with Crippen LogP contribution in [-0.4, -0.2) is 25.5 Å². The molecule has 0 bridgehead atoms. The van der Waals surface area contributed by atoms with E-state index in [1.165, 1.54) is 5.56 Å². The van der Waals surface area contributed by atoms with Crippen LogP contribution < -0.4 is 15.5 Å². The third kappa shape index (κ3) is 3.56. The first kappa shape index (κ1) is 16.1. The van der Waals surface area contributed by atoms with E-state index in [2.05, 4.69) is 16.7 Å². The van der Waals surface area contributed by atoms with Gasteiger partial charge in [0.15, 0.2) is 0 Å². The molecule has 1 aliphatic rings. The molecule has 0 aliphatic carbocycles. The van der Waals surface area contributed by atoms with Gasteiger partial charge in [-0.3, -0.25) is 4.79 Å². The van der Waals surface area contributed by atoms with E-state index in [-0.39, 0.29) is 11.9 Å². The summed E-state index contributed by atoms with van der Waals surface area (Å²) in [5.74, 6) is 0.106. The maximum absolute atomic E-state index is 12.7. The highest BCUT2D eigenvalue weighted by atomic mass is 16.2. The van der Waals surface area contributed by atoms with Gasteiger partial charge in [0.05, 0.1) is 6.42 Å². The van der Waals surface area contributed by atoms with Crippen LogP contribution in [-0.2, 0) is 17.6 Å². The summed E-state index contributed by atoms with van der Waals surface area (Å²) in [5, 5.41) is 5.20. The number of rotatable bonds is 3. The molecule has 0 radical (unpaired) electrons. The summed E-state index contributed by atoms with van der Waals surface area (Å²) in [4.78, 5) is 25.9. The Kier molecular flexibility index (Phi) is 4.79. The Bertz CT molecular complexity index is 741. The zero-order valence-corrected chi connectivity index (χ0v) is 13.7. The molecule has 1 aliphatic heterocycles. The summed E-state index contributed by atoms with van der Waals surface area (Å²) in [6.07, 6.45) is 2.38. The molecule has 0 saturated carbocycles. The zero-order chi connectivity index (χ0) is 16.9. The number of fused-ring (bicyclic) bond motifs is 1. The monoisotopic (exact) mass is 323 g/mol. The Hall–Kier alpha value is -2.82. The van der Waals surface area contributed by atoms with Crippen molar-refractivity contribution in [1.29, 1.82) is 0 Å². The molecule has 5 heteroatoms. The van der Waals surface area contributed by atoms with Crippen LogP contribution in [0.5, 0.6) is 0 Å². The Morgan fingerprint density at radius 2 is 1.83 bits per heavy atom. The molecule has 3 amide bonds. The van der Waals surface area contributed by atoms with Gasteiger partial charge in [-0.05, 0) is 42.2 Å². The van der Waals surface area contributed by atoms with Crippen LogP contribution in [0.3, 0.4) is 0 Å². The third-order valence-corrected chi connectivity index (χ3v) is 4.21. The fourth-order valence-corrected chi connectivity index (χ4v) is 2.96. The molecule has 5 nitrogen and oxygen atoms in total. The van der Waals surface area contributed by atoms with Crippen LogP contribution in [0.2, 0.25) is 0 Å². The van der Waals surface area contributed by atoms with Gasteiger partial charge in [0.25, 0.3) is 0 Å². The van der Waals surface area contributed by atoms with Gasteiger partial charge in [0.2, 0.25) is 5.91 Å². The first-order valence-electron chi connectivity index (χ1n) is 8.13. The molecule has 3 rings (SSSR count). The molecule has 0 saturated heterocycles. The predicted octanol–water partition coefficient (Wildman–Crippen LogP) is 2.96. The van der Waals surface area contributed by atoms with Gasteiger partial charge >= 0.3 is 6.03 Å². The molecule has 24 heavy (non-hydrogen) atoms. The normalized spacial score (nSPS) is 13.1. The lowest BCUT2D eigenvalue weighted by Gasteiger charge is -2.29. The minimum Gasteiger partial charge on any atom is -0.341 e. The number of nitrogens with zero attached hydrogens (tertiary/aromatic N) is 1. The fourth-order valence-electron chi connectivity index (χ4n) is 2.96. The molecule has 0 spiro atoms. The molecule has 0 fully saturated rings. The highest BCUT2D eigenvalue weighted by molar-refractivity contribution is 5.96. The summed E-state index contributed by atoms with van der Waals surface area (Å²) in [6.45, 7) is 0.770. The number of benzene rings is 2. The SMILES string of the molecule is CNC(=O)Nc1ccc(CC(=O)N2CCCc3ccccc32)cc1. The molecule has 2 aromatic carbocycles. The van der Waals surface area contributed by atoms with E-state index in [9.17, 15) is 9.59 Å². The van der Waals surface area contributed by atoms with E-state index in [0.29, 0.717) is 12.1 Å². The molecule has 1 heterocycles. The van der Waals surface area contributed by atoms with Gasteiger partial charge < -0.3 is 15.5 Å². The summed E-state index contributed by atoms with van der Waals surface area (Å²) >= 11 is 0. The third-order valence-electron chi connectivity index (χ3n) is 4.21. The van der Waals surface area contributed by atoms with E-state index < -0.39 is 0 Å². The Labute approximate surface area is 141 Å². The molecule has 124 valence electrons. The molecule has 2 N–H and O–H groups in total. The van der Waals surface area contributed by atoms with E-state index in [4.69, 9.17) is 0 Å². The van der Waals surface area contributed by atoms with Crippen molar-refractivity contribution in [3.8, 4) is 0 Å². The lowest BCUT2D eigenvalue weighted by atomic mass is 10.0. The van der Waals surface area contributed by atoms with Gasteiger partial charge in [-0.1, -0.05) is 30.3 Å². The molecule has 2 aromatic rings. The zero-order valence-electron chi connectivity index (χ0n) is 13.7. The van der Waals surface area contributed by atoms with Crippen molar-refractivity contribution in [2.75, 3.05) is 23.8 Å². The number of para-hydroxylation sites is 1. The number of carbonyl (C=O) groups excluding carboxylic acids is 2. The highest BCUT2D eigenvalue weighted by Gasteiger charge is 2.21. The van der Waals surface area contributed by atoms with Gasteiger partial charge in [0.1, 0.15) is 0 Å². The van der Waals surface area contributed by atoms with E-state index in [1.807, 2.05) is 47.4 Å². The maximum atomic E-state index is 12.7. The van der Waals surface area contributed by atoms with Crippen molar-refractivity contribution in [3.05, 3.63) is 59.7 Å². The van der Waals surface area contributed by atoms with Crippen LogP contribution in [0.4, 0.5) is 16.2 Å². The summed E-state index contributed by atoms with van der Waals surface area (Å²) in [6, 6.07) is 15.2. The number of anilines is 2. The maximum Gasteiger partial charge on any atom is 0.318 e. The number of hydrogen-bond donors (Lipinski definition) is 2. The highest BCUT2D eigenvalue weighted by Crippen LogP contribution is 2.27.